The van der Waals surface area contributed by atoms with Gasteiger partial charge in [0, 0.05) is 107 Å². The van der Waals surface area contributed by atoms with Crippen LogP contribution in [0.4, 0.5) is 9.52 Å². The minimum atomic E-state index is -0.308. The van der Waals surface area contributed by atoms with Crippen LogP contribution in [0.15, 0.2) is 115 Å². The molecule has 0 unspecified atom stereocenters. The molecule has 14 heterocycles. The molecule has 3 aliphatic heterocycles. The number of fused-ring (bicyclic) bond motifs is 19. The number of pyridine rings is 4. The van der Waals surface area contributed by atoms with E-state index in [0.29, 0.717) is 23.2 Å². The molecular weight excluding hydrogens is 1270 g/mol. The number of aromatic amines is 6. The van der Waals surface area contributed by atoms with Crippen molar-refractivity contribution in [2.45, 2.75) is 110 Å². The number of benzene rings is 5. The highest BCUT2D eigenvalue weighted by Crippen LogP contribution is 2.44. The van der Waals surface area contributed by atoms with E-state index in [2.05, 4.69) is 151 Å². The number of nitrogens with two attached hydrogens (primary N) is 1. The molecule has 0 spiro atoms. The third-order valence-corrected chi connectivity index (χ3v) is 21.9. The number of hydrogen-bond donors (Lipinski definition) is 7. The van der Waals surface area contributed by atoms with Gasteiger partial charge in [0.2, 0.25) is 0 Å². The summed E-state index contributed by atoms with van der Waals surface area (Å²) in [4.78, 5) is 31.0. The zero-order valence-electron chi connectivity index (χ0n) is 55.9. The third-order valence-electron chi connectivity index (χ3n) is 21.0. The highest BCUT2D eigenvalue weighted by Gasteiger charge is 2.29. The lowest BCUT2D eigenvalue weighted by molar-refractivity contribution is 0.111. The summed E-state index contributed by atoms with van der Waals surface area (Å²) in [6, 6.07) is 22.6. The van der Waals surface area contributed by atoms with Crippen LogP contribution in [0.2, 0.25) is 0 Å². The number of ether oxygens (including phenoxy) is 1. The molecule has 0 radical (unpaired) electrons. The molecule has 23 heteroatoms. The standard InChI is InChI=1S/C21H18N6S.C20H21N5.C18H16FN5.C18H16N4O/c1-27-7-6-12-14(10-27)20(11-2-3-16-18(8-11)28-21(22)25-16)24-17-5-4-15-13(19(12)17)9-23-26-15;1-12-15(10-21-24-12)19-9-14(13-5-3-2-4-6-13)20-16-11-22-25-17(16)7-8-18(20)23-19;1-9-12(7-20-23-9)17-11-5-3-2-4-10(11)16-13-8-21-24-15(13)6-14(19)18(16)22-17;1-10-11(4-6-19-10)18-14-9-23-7-5-12(14)17-13-8-20-22-15(13)2-3-16(17)21-18/h2-5,8-9H,6-7,10H2,1H3,(H2,22,25)(H,23,26);7-11,13H,2-6H2,1H3,(H,21,24)(H,22,25);6-8H,2-5H2,1H3,(H,20,23)(H,21,24);2-4,8H,5-7,9H2,1H3,(H,20,22). The van der Waals surface area contributed by atoms with Crippen LogP contribution in [-0.2, 0) is 43.6 Å². The molecule has 100 heavy (non-hydrogen) atoms. The maximum atomic E-state index is 14.8. The minimum absolute atomic E-state index is 0.308. The van der Waals surface area contributed by atoms with Crippen molar-refractivity contribution in [2.75, 3.05) is 32.5 Å². The fraction of sp³-hybridized carbons (Fsp3) is 0.273. The summed E-state index contributed by atoms with van der Waals surface area (Å²) in [5.74, 6) is 0.295. The highest BCUT2D eigenvalue weighted by molar-refractivity contribution is 7.22. The van der Waals surface area contributed by atoms with Gasteiger partial charge >= 0.3 is 0 Å². The number of thiazole rings is 1. The molecule has 21 nitrogen and oxygen atoms in total. The van der Waals surface area contributed by atoms with Gasteiger partial charge in [-0.2, -0.15) is 30.6 Å². The third kappa shape index (κ3) is 10.6. The summed E-state index contributed by atoms with van der Waals surface area (Å²) in [6.45, 7) is 10.1. The van der Waals surface area contributed by atoms with Gasteiger partial charge in [-0.15, -0.1) is 0 Å². The Balaban J connectivity index is 0.0000000963. The van der Waals surface area contributed by atoms with Crippen molar-refractivity contribution in [1.29, 1.82) is 0 Å². The van der Waals surface area contributed by atoms with E-state index >= 15 is 0 Å². The lowest BCUT2D eigenvalue weighted by Crippen LogP contribution is -2.27. The van der Waals surface area contributed by atoms with E-state index in [9.17, 15) is 4.39 Å². The van der Waals surface area contributed by atoms with E-state index in [4.69, 9.17) is 30.4 Å². The van der Waals surface area contributed by atoms with Crippen LogP contribution in [0.1, 0.15) is 114 Å². The molecule has 1 saturated carbocycles. The number of halogens is 1. The van der Waals surface area contributed by atoms with Gasteiger partial charge in [0.1, 0.15) is 5.52 Å². The monoisotopic (exact) mass is 1340 g/mol. The Labute approximate surface area is 575 Å². The molecule has 11 aromatic heterocycles. The molecule has 0 atom stereocenters. The second-order valence-electron chi connectivity index (χ2n) is 27.1. The average molecular weight is 1340 g/mol. The average Bonchev–Trinajstić information content (AvgIpc) is 1.35. The molecular formula is C77H71FN20OS. The Morgan fingerprint density at radius 3 is 1.80 bits per heavy atom. The number of nitrogens with one attached hydrogen (secondary N) is 6. The Morgan fingerprint density at radius 2 is 1.13 bits per heavy atom. The number of anilines is 1. The van der Waals surface area contributed by atoms with Crippen molar-refractivity contribution in [2.24, 2.45) is 4.99 Å². The molecule has 1 fully saturated rings. The van der Waals surface area contributed by atoms with Crippen LogP contribution in [0.5, 0.6) is 0 Å². The summed E-state index contributed by atoms with van der Waals surface area (Å²) in [5.41, 5.74) is 34.8. The van der Waals surface area contributed by atoms with Crippen molar-refractivity contribution < 1.29 is 9.13 Å². The van der Waals surface area contributed by atoms with Gasteiger partial charge < -0.3 is 15.4 Å². The van der Waals surface area contributed by atoms with E-state index in [1.54, 1.807) is 12.4 Å². The first-order valence-electron chi connectivity index (χ1n) is 34.5. The number of aromatic nitrogens is 17. The van der Waals surface area contributed by atoms with Crippen LogP contribution < -0.4 is 5.73 Å². The van der Waals surface area contributed by atoms with Crippen LogP contribution in [0, 0.1) is 19.7 Å². The van der Waals surface area contributed by atoms with Gasteiger partial charge in [-0.05, 0) is 173 Å². The van der Waals surface area contributed by atoms with Crippen molar-refractivity contribution in [3.63, 3.8) is 0 Å². The first kappa shape index (κ1) is 61.3. The van der Waals surface area contributed by atoms with Gasteiger partial charge in [0.15, 0.2) is 10.9 Å². The first-order valence-corrected chi connectivity index (χ1v) is 35.3. The molecule has 0 saturated heterocycles. The summed E-state index contributed by atoms with van der Waals surface area (Å²) >= 11 is 1.52. The highest BCUT2D eigenvalue weighted by atomic mass is 32.1. The van der Waals surface area contributed by atoms with E-state index < -0.39 is 0 Å². The molecule has 8 N–H and O–H groups in total. The maximum Gasteiger partial charge on any atom is 0.181 e. The molecule has 2 aliphatic carbocycles. The summed E-state index contributed by atoms with van der Waals surface area (Å²) in [5, 5.41) is 52.9. The van der Waals surface area contributed by atoms with Crippen molar-refractivity contribution in [1.82, 2.24) is 91.0 Å². The van der Waals surface area contributed by atoms with Crippen molar-refractivity contribution in [3.05, 3.63) is 172 Å². The Kier molecular flexibility index (Phi) is 15.4. The fourth-order valence-electron chi connectivity index (χ4n) is 16.2. The largest absolute Gasteiger partial charge is 0.376 e. The number of likely N-dealkylation sites (N-methyl/N-ethyl adjacent to an activating group) is 1. The number of aryl methyl sites for hydroxylation is 3. The molecule has 21 rings (SSSR count). The number of nitrogens with zero attached hydrogens (tertiary/aromatic N) is 13. The second-order valence-corrected chi connectivity index (χ2v) is 28.1. The Bertz CT molecular complexity index is 6000. The van der Waals surface area contributed by atoms with Crippen LogP contribution >= 0.6 is 11.3 Å². The Hall–Kier alpha value is -11.0. The molecule has 0 amide bonds. The molecule has 5 aromatic carbocycles. The van der Waals surface area contributed by atoms with Crippen LogP contribution in [0.25, 0.3) is 137 Å². The summed E-state index contributed by atoms with van der Waals surface area (Å²) in [7, 11) is 2.17. The van der Waals surface area contributed by atoms with Gasteiger partial charge in [-0.1, -0.05) is 42.7 Å². The topological polar surface area (TPSA) is 287 Å². The second kappa shape index (κ2) is 25.1. The van der Waals surface area contributed by atoms with E-state index in [1.165, 1.54) is 110 Å². The number of H-pyrrole nitrogens is 6. The number of rotatable bonds is 5. The minimum Gasteiger partial charge on any atom is -0.376 e. The van der Waals surface area contributed by atoms with Crippen LogP contribution in [-0.4, -0.2) is 123 Å². The maximum absolute atomic E-state index is 14.8. The number of allylic oxidation sites excluding steroid dienone is 1. The normalized spacial score (nSPS) is 15.7. The van der Waals surface area contributed by atoms with Crippen LogP contribution in [0.3, 0.4) is 0 Å². The lowest BCUT2D eigenvalue weighted by Gasteiger charge is -2.28. The number of aliphatic imine (C=N–C) groups is 1. The predicted molar refractivity (Wildman–Crippen MR) is 395 cm³/mol. The van der Waals surface area contributed by atoms with Gasteiger partial charge in [0.25, 0.3) is 0 Å². The van der Waals surface area contributed by atoms with E-state index in [1.807, 2.05) is 44.7 Å². The zero-order valence-corrected chi connectivity index (χ0v) is 56.7. The van der Waals surface area contributed by atoms with Gasteiger partial charge in [-0.3, -0.25) is 35.6 Å². The number of nitrogen functional groups attached to an aromatic ring is 1. The summed E-state index contributed by atoms with van der Waals surface area (Å²) in [6.07, 6.45) is 26.0. The zero-order chi connectivity index (χ0) is 67.3. The van der Waals surface area contributed by atoms with Crippen molar-refractivity contribution in [3.8, 4) is 33.8 Å². The number of hydrogen-bond acceptors (Lipinski definition) is 16. The molecule has 16 aromatic rings. The van der Waals surface area contributed by atoms with Gasteiger partial charge in [0.05, 0.1) is 129 Å². The molecule has 498 valence electrons. The Morgan fingerprint density at radius 1 is 0.530 bits per heavy atom. The fourth-order valence-corrected chi connectivity index (χ4v) is 16.9. The molecule has 5 aliphatic rings. The molecule has 0 bridgehead atoms. The van der Waals surface area contributed by atoms with E-state index in [-0.39, 0.29) is 5.82 Å². The van der Waals surface area contributed by atoms with Crippen molar-refractivity contribution >= 4 is 125 Å². The lowest BCUT2D eigenvalue weighted by atomic mass is 9.81. The first-order chi connectivity index (χ1) is 49.0. The smallest absolute Gasteiger partial charge is 0.181 e. The SMILES string of the molecule is CC1=NCC=C1c1nc2ccc3[nH]ncc3c2c2c1COCC2.CN1CCc2c(c(-c3ccc4nc(N)sc4c3)nc3ccc4[nH]ncc4c23)C1.Cc1[nH]ncc1-c1cc(C2CCCCC2)c2c(ccc3[nH]ncc32)n1.Cc1[nH]ncc1-c1nc2c(F)cc3[nH]ncc3c2c2c1CCCC2. The van der Waals surface area contributed by atoms with Gasteiger partial charge in [-0.25, -0.2) is 29.3 Å². The predicted octanol–water partition coefficient (Wildman–Crippen LogP) is 15.7. The summed E-state index contributed by atoms with van der Waals surface area (Å²) < 4.78 is 21.6. The van der Waals surface area contributed by atoms with E-state index in [0.717, 1.165) is 197 Å². The quantitative estimate of drug-likeness (QED) is 0.0844.